The highest BCUT2D eigenvalue weighted by atomic mass is 16.5. The number of ether oxygens (including phenoxy) is 1. The molecule has 1 aromatic carbocycles. The van der Waals surface area contributed by atoms with Crippen LogP contribution < -0.4 is 10.1 Å². The van der Waals surface area contributed by atoms with Gasteiger partial charge in [0, 0.05) is 12.1 Å². The Hall–Kier alpha value is -1.46. The Kier molecular flexibility index (Phi) is 4.39. The third kappa shape index (κ3) is 3.60. The Morgan fingerprint density at radius 1 is 1.38 bits per heavy atom. The molecule has 0 heterocycles. The van der Waals surface area contributed by atoms with E-state index in [1.54, 1.807) is 0 Å². The van der Waals surface area contributed by atoms with Crippen LogP contribution in [0, 0.1) is 12.3 Å². The van der Waals surface area contributed by atoms with Crippen molar-refractivity contribution in [3.8, 4) is 18.1 Å². The van der Waals surface area contributed by atoms with Gasteiger partial charge in [-0.15, -0.1) is 6.42 Å². The predicted molar refractivity (Wildman–Crippen MR) is 67.4 cm³/mol. The van der Waals surface area contributed by atoms with E-state index >= 15 is 0 Å². The summed E-state index contributed by atoms with van der Waals surface area (Å²) >= 11 is 0. The van der Waals surface area contributed by atoms with E-state index < -0.39 is 0 Å². The van der Waals surface area contributed by atoms with Crippen molar-refractivity contribution in [2.45, 2.75) is 32.9 Å². The van der Waals surface area contributed by atoms with Crippen molar-refractivity contribution in [2.75, 3.05) is 6.61 Å². The van der Waals surface area contributed by atoms with Gasteiger partial charge >= 0.3 is 0 Å². The molecule has 0 unspecified atom stereocenters. The summed E-state index contributed by atoms with van der Waals surface area (Å²) in [4.78, 5) is 0. The van der Waals surface area contributed by atoms with E-state index in [4.69, 9.17) is 11.2 Å². The van der Waals surface area contributed by atoms with Gasteiger partial charge in [0.1, 0.15) is 5.75 Å². The minimum Gasteiger partial charge on any atom is -0.494 e. The topological polar surface area (TPSA) is 21.3 Å². The van der Waals surface area contributed by atoms with Crippen molar-refractivity contribution in [2.24, 2.45) is 0 Å². The van der Waals surface area contributed by atoms with Crippen LogP contribution in [0.3, 0.4) is 0 Å². The standard InChI is InChI=1S/C14H19NO/c1-5-14(3,4)15-11-12-9-7-8-10-13(12)16-6-2/h1,7-10,15H,6,11H2,2-4H3. The van der Waals surface area contributed by atoms with Gasteiger partial charge < -0.3 is 4.74 Å². The van der Waals surface area contributed by atoms with Gasteiger partial charge in [-0.25, -0.2) is 0 Å². The Morgan fingerprint density at radius 2 is 2.06 bits per heavy atom. The van der Waals surface area contributed by atoms with Crippen LogP contribution in [0.1, 0.15) is 26.3 Å². The van der Waals surface area contributed by atoms with Crippen molar-refractivity contribution in [1.82, 2.24) is 5.32 Å². The number of terminal acetylenes is 1. The molecule has 0 spiro atoms. The van der Waals surface area contributed by atoms with Gasteiger partial charge in [-0.3, -0.25) is 5.32 Å². The van der Waals surface area contributed by atoms with Gasteiger partial charge in [0.15, 0.2) is 0 Å². The number of para-hydroxylation sites is 1. The molecule has 2 nitrogen and oxygen atoms in total. The summed E-state index contributed by atoms with van der Waals surface area (Å²) in [7, 11) is 0. The first-order valence-corrected chi connectivity index (χ1v) is 5.52. The largest absolute Gasteiger partial charge is 0.494 e. The Labute approximate surface area is 98.0 Å². The third-order valence-electron chi connectivity index (χ3n) is 2.35. The van der Waals surface area contributed by atoms with Crippen LogP contribution in [0.5, 0.6) is 5.75 Å². The van der Waals surface area contributed by atoms with Gasteiger partial charge in [0.05, 0.1) is 12.1 Å². The molecule has 0 aromatic heterocycles. The van der Waals surface area contributed by atoms with Crippen LogP contribution in [0.2, 0.25) is 0 Å². The smallest absolute Gasteiger partial charge is 0.123 e. The van der Waals surface area contributed by atoms with Crippen molar-refractivity contribution < 1.29 is 4.74 Å². The molecular weight excluding hydrogens is 198 g/mol. The maximum atomic E-state index is 5.54. The average molecular weight is 217 g/mol. The minimum atomic E-state index is -0.292. The van der Waals surface area contributed by atoms with Gasteiger partial charge in [0.25, 0.3) is 0 Å². The molecule has 2 heteroatoms. The van der Waals surface area contributed by atoms with E-state index in [1.165, 1.54) is 0 Å². The van der Waals surface area contributed by atoms with Gasteiger partial charge in [0.2, 0.25) is 0 Å². The molecule has 0 atom stereocenters. The zero-order chi connectivity index (χ0) is 12.0. The zero-order valence-corrected chi connectivity index (χ0v) is 10.2. The summed E-state index contributed by atoms with van der Waals surface area (Å²) in [6.45, 7) is 7.34. The lowest BCUT2D eigenvalue weighted by atomic mass is 10.1. The first kappa shape index (κ1) is 12.6. The number of benzene rings is 1. The fraction of sp³-hybridized carbons (Fsp3) is 0.429. The lowest BCUT2D eigenvalue weighted by Gasteiger charge is -2.20. The molecule has 16 heavy (non-hydrogen) atoms. The molecule has 0 bridgehead atoms. The number of nitrogens with one attached hydrogen (secondary N) is 1. The summed E-state index contributed by atoms with van der Waals surface area (Å²) in [5.74, 6) is 3.63. The van der Waals surface area contributed by atoms with Crippen LogP contribution in [0.25, 0.3) is 0 Å². The molecule has 0 fully saturated rings. The Morgan fingerprint density at radius 3 is 2.69 bits per heavy atom. The number of hydrogen-bond donors (Lipinski definition) is 1. The highest BCUT2D eigenvalue weighted by molar-refractivity contribution is 5.33. The second-order valence-electron chi connectivity index (χ2n) is 4.16. The highest BCUT2D eigenvalue weighted by Gasteiger charge is 2.13. The van der Waals surface area contributed by atoms with Crippen molar-refractivity contribution in [3.63, 3.8) is 0 Å². The first-order chi connectivity index (χ1) is 7.59. The van der Waals surface area contributed by atoms with Crippen LogP contribution >= 0.6 is 0 Å². The summed E-state index contributed by atoms with van der Waals surface area (Å²) in [5.41, 5.74) is 0.840. The van der Waals surface area contributed by atoms with E-state index in [2.05, 4.69) is 11.2 Å². The molecular formula is C14H19NO. The lowest BCUT2D eigenvalue weighted by Crippen LogP contribution is -2.37. The molecule has 1 N–H and O–H groups in total. The molecule has 0 aliphatic rings. The number of rotatable bonds is 5. The van der Waals surface area contributed by atoms with Crippen molar-refractivity contribution in [1.29, 1.82) is 0 Å². The van der Waals surface area contributed by atoms with Crippen LogP contribution in [-0.2, 0) is 6.54 Å². The van der Waals surface area contributed by atoms with E-state index in [0.29, 0.717) is 13.2 Å². The summed E-state index contributed by atoms with van der Waals surface area (Å²) in [6.07, 6.45) is 5.42. The Balaban J connectivity index is 2.70. The third-order valence-corrected chi connectivity index (χ3v) is 2.35. The fourth-order valence-electron chi connectivity index (χ4n) is 1.31. The molecule has 0 saturated heterocycles. The normalized spacial score (nSPS) is 10.9. The fourth-order valence-corrected chi connectivity index (χ4v) is 1.31. The van der Waals surface area contributed by atoms with Crippen molar-refractivity contribution >= 4 is 0 Å². The molecule has 0 amide bonds. The number of hydrogen-bond acceptors (Lipinski definition) is 2. The average Bonchev–Trinajstić information content (AvgIpc) is 2.28. The van der Waals surface area contributed by atoms with E-state index in [1.807, 2.05) is 45.0 Å². The summed E-state index contributed by atoms with van der Waals surface area (Å²) < 4.78 is 5.54. The van der Waals surface area contributed by atoms with E-state index in [0.717, 1.165) is 11.3 Å². The van der Waals surface area contributed by atoms with Gasteiger partial charge in [-0.05, 0) is 26.8 Å². The minimum absolute atomic E-state index is 0.292. The highest BCUT2D eigenvalue weighted by Crippen LogP contribution is 2.18. The second kappa shape index (κ2) is 5.58. The molecule has 0 aliphatic heterocycles. The predicted octanol–water partition coefficient (Wildman–Crippen LogP) is 2.59. The van der Waals surface area contributed by atoms with Crippen LogP contribution in [-0.4, -0.2) is 12.1 Å². The van der Waals surface area contributed by atoms with Gasteiger partial charge in [-0.1, -0.05) is 24.1 Å². The monoisotopic (exact) mass is 217 g/mol. The van der Waals surface area contributed by atoms with Crippen LogP contribution in [0.15, 0.2) is 24.3 Å². The zero-order valence-electron chi connectivity index (χ0n) is 10.2. The molecule has 0 radical (unpaired) electrons. The van der Waals surface area contributed by atoms with Crippen molar-refractivity contribution in [3.05, 3.63) is 29.8 Å². The molecule has 86 valence electrons. The maximum Gasteiger partial charge on any atom is 0.123 e. The SMILES string of the molecule is C#CC(C)(C)NCc1ccccc1OCC. The van der Waals surface area contributed by atoms with Gasteiger partial charge in [-0.2, -0.15) is 0 Å². The van der Waals surface area contributed by atoms with E-state index in [9.17, 15) is 0 Å². The summed E-state index contributed by atoms with van der Waals surface area (Å²) in [6, 6.07) is 8.00. The first-order valence-electron chi connectivity index (χ1n) is 5.52. The Bertz CT molecular complexity index is 377. The molecule has 0 saturated carbocycles. The lowest BCUT2D eigenvalue weighted by molar-refractivity contribution is 0.334. The maximum absolute atomic E-state index is 5.54. The summed E-state index contributed by atoms with van der Waals surface area (Å²) in [5, 5.41) is 3.31. The van der Waals surface area contributed by atoms with E-state index in [-0.39, 0.29) is 5.54 Å². The second-order valence-corrected chi connectivity index (χ2v) is 4.16. The molecule has 1 aromatic rings. The quantitative estimate of drug-likeness (QED) is 0.765. The molecule has 0 aliphatic carbocycles. The molecule has 1 rings (SSSR count). The van der Waals surface area contributed by atoms with Crippen LogP contribution in [0.4, 0.5) is 0 Å².